The van der Waals surface area contributed by atoms with Gasteiger partial charge in [-0.25, -0.2) is 0 Å². The van der Waals surface area contributed by atoms with Crippen LogP contribution >= 0.6 is 0 Å². The normalized spacial score (nSPS) is 31.6. The molecule has 0 aromatic heterocycles. The molecule has 108 valence electrons. The second kappa shape index (κ2) is 6.01. The van der Waals surface area contributed by atoms with E-state index in [2.05, 4.69) is 24.2 Å². The molecule has 0 spiro atoms. The number of nitrogens with one attached hydrogen (secondary N) is 1. The number of hydrogen-bond donors (Lipinski definition) is 1. The minimum absolute atomic E-state index is 0.0619. The fourth-order valence-electron chi connectivity index (χ4n) is 3.14. The van der Waals surface area contributed by atoms with Crippen LogP contribution in [-0.2, 0) is 9.59 Å². The van der Waals surface area contributed by atoms with Crippen LogP contribution in [0.3, 0.4) is 0 Å². The number of rotatable bonds is 3. The van der Waals surface area contributed by atoms with Crippen LogP contribution in [0.1, 0.15) is 32.6 Å². The third-order valence-corrected chi connectivity index (χ3v) is 4.48. The van der Waals surface area contributed by atoms with Crippen molar-refractivity contribution in [3.05, 3.63) is 0 Å². The highest BCUT2D eigenvalue weighted by Crippen LogP contribution is 2.20. The Hall–Kier alpha value is -0.940. The molecule has 19 heavy (non-hydrogen) atoms. The molecule has 3 atom stereocenters. The number of nitrogens with zero attached hydrogens (tertiary/aromatic N) is 2. The molecule has 5 heteroatoms. The second-order valence-corrected chi connectivity index (χ2v) is 6.00. The highest BCUT2D eigenvalue weighted by atomic mass is 16.2. The molecule has 0 saturated carbocycles. The summed E-state index contributed by atoms with van der Waals surface area (Å²) in [4.78, 5) is 27.1. The van der Waals surface area contributed by atoms with Crippen LogP contribution in [0.25, 0.3) is 0 Å². The predicted octanol–water partition coefficient (Wildman–Crippen LogP) is 0.454. The Balaban J connectivity index is 1.89. The van der Waals surface area contributed by atoms with Gasteiger partial charge in [0.05, 0.1) is 6.04 Å². The van der Waals surface area contributed by atoms with E-state index in [1.807, 2.05) is 0 Å². The van der Waals surface area contributed by atoms with E-state index in [0.29, 0.717) is 24.8 Å². The standard InChI is InChI=1S/C14H25N3O2/c1-10(11-5-4-8-16(2)9-11)15-12-6-7-13(18)17(3)14(12)19/h10-12,15H,4-9H2,1-3H3. The van der Waals surface area contributed by atoms with Crippen molar-refractivity contribution in [3.8, 4) is 0 Å². The van der Waals surface area contributed by atoms with Gasteiger partial charge in [-0.3, -0.25) is 14.5 Å². The molecule has 2 saturated heterocycles. The minimum atomic E-state index is -0.190. The summed E-state index contributed by atoms with van der Waals surface area (Å²) < 4.78 is 0. The van der Waals surface area contributed by atoms with Crippen LogP contribution in [0.15, 0.2) is 0 Å². The zero-order valence-corrected chi connectivity index (χ0v) is 12.2. The van der Waals surface area contributed by atoms with E-state index in [4.69, 9.17) is 0 Å². The molecule has 2 aliphatic rings. The van der Waals surface area contributed by atoms with Gasteiger partial charge in [0.1, 0.15) is 0 Å². The molecule has 1 N–H and O–H groups in total. The summed E-state index contributed by atoms with van der Waals surface area (Å²) in [5.74, 6) is 0.454. The van der Waals surface area contributed by atoms with Crippen molar-refractivity contribution in [2.24, 2.45) is 5.92 Å². The van der Waals surface area contributed by atoms with Gasteiger partial charge < -0.3 is 10.2 Å². The fourth-order valence-corrected chi connectivity index (χ4v) is 3.14. The summed E-state index contributed by atoms with van der Waals surface area (Å²) in [6.45, 7) is 4.42. The summed E-state index contributed by atoms with van der Waals surface area (Å²) >= 11 is 0. The van der Waals surface area contributed by atoms with Crippen LogP contribution in [0.2, 0.25) is 0 Å². The Morgan fingerprint density at radius 2 is 2.00 bits per heavy atom. The number of imide groups is 1. The minimum Gasteiger partial charge on any atom is -0.306 e. The van der Waals surface area contributed by atoms with Crippen molar-refractivity contribution < 1.29 is 9.59 Å². The van der Waals surface area contributed by atoms with Crippen molar-refractivity contribution in [1.29, 1.82) is 0 Å². The summed E-state index contributed by atoms with van der Waals surface area (Å²) in [6.07, 6.45) is 3.55. The molecule has 2 heterocycles. The molecular weight excluding hydrogens is 242 g/mol. The zero-order valence-electron chi connectivity index (χ0n) is 12.2. The number of carbonyl (C=O) groups excluding carboxylic acids is 2. The SMILES string of the molecule is CC(NC1CCC(=O)N(C)C1=O)C1CCCN(C)C1. The van der Waals surface area contributed by atoms with Gasteiger partial charge in [-0.2, -0.15) is 0 Å². The lowest BCUT2D eigenvalue weighted by atomic mass is 9.90. The Bertz CT molecular complexity index is 359. The molecule has 2 rings (SSSR count). The Morgan fingerprint density at radius 1 is 1.26 bits per heavy atom. The fraction of sp³-hybridized carbons (Fsp3) is 0.857. The van der Waals surface area contributed by atoms with Gasteiger partial charge in [0, 0.05) is 26.1 Å². The number of likely N-dealkylation sites (tertiary alicyclic amines) is 2. The number of amides is 2. The second-order valence-electron chi connectivity index (χ2n) is 6.00. The Kier molecular flexibility index (Phi) is 4.58. The molecule has 0 radical (unpaired) electrons. The lowest BCUT2D eigenvalue weighted by molar-refractivity contribution is -0.148. The van der Waals surface area contributed by atoms with E-state index in [9.17, 15) is 9.59 Å². The van der Waals surface area contributed by atoms with Crippen molar-refractivity contribution in [3.63, 3.8) is 0 Å². The van der Waals surface area contributed by atoms with Crippen molar-refractivity contribution in [2.45, 2.75) is 44.7 Å². The van der Waals surface area contributed by atoms with E-state index in [1.165, 1.54) is 24.3 Å². The van der Waals surface area contributed by atoms with Gasteiger partial charge in [-0.05, 0) is 45.7 Å². The molecule has 0 aromatic carbocycles. The Labute approximate surface area is 115 Å². The molecule has 0 aromatic rings. The molecule has 3 unspecified atom stereocenters. The maximum atomic E-state index is 12.1. The van der Waals surface area contributed by atoms with E-state index in [0.717, 1.165) is 6.54 Å². The van der Waals surface area contributed by atoms with Gasteiger partial charge >= 0.3 is 0 Å². The monoisotopic (exact) mass is 267 g/mol. The first-order valence-electron chi connectivity index (χ1n) is 7.24. The molecule has 2 amide bonds. The quantitative estimate of drug-likeness (QED) is 0.755. The Morgan fingerprint density at radius 3 is 2.68 bits per heavy atom. The average Bonchev–Trinajstić information content (AvgIpc) is 2.39. The molecule has 0 aliphatic carbocycles. The molecular formula is C14H25N3O2. The zero-order chi connectivity index (χ0) is 14.0. The predicted molar refractivity (Wildman–Crippen MR) is 73.6 cm³/mol. The van der Waals surface area contributed by atoms with Crippen LogP contribution in [-0.4, -0.2) is 60.9 Å². The topological polar surface area (TPSA) is 52.7 Å². The molecule has 5 nitrogen and oxygen atoms in total. The first-order valence-corrected chi connectivity index (χ1v) is 7.24. The van der Waals surface area contributed by atoms with Gasteiger partial charge in [-0.1, -0.05) is 0 Å². The number of piperidine rings is 2. The van der Waals surface area contributed by atoms with Crippen molar-refractivity contribution >= 4 is 11.8 Å². The van der Waals surface area contributed by atoms with Gasteiger partial charge in [0.25, 0.3) is 0 Å². The van der Waals surface area contributed by atoms with E-state index >= 15 is 0 Å². The molecule has 2 fully saturated rings. The summed E-state index contributed by atoms with van der Waals surface area (Å²) in [5, 5.41) is 3.44. The molecule has 0 bridgehead atoms. The summed E-state index contributed by atoms with van der Waals surface area (Å²) in [5.41, 5.74) is 0. The van der Waals surface area contributed by atoms with Crippen LogP contribution in [0.4, 0.5) is 0 Å². The van der Waals surface area contributed by atoms with Crippen molar-refractivity contribution in [2.75, 3.05) is 27.2 Å². The van der Waals surface area contributed by atoms with Gasteiger partial charge in [0.2, 0.25) is 11.8 Å². The van der Waals surface area contributed by atoms with Gasteiger partial charge in [0.15, 0.2) is 0 Å². The van der Waals surface area contributed by atoms with E-state index in [1.54, 1.807) is 7.05 Å². The number of likely N-dealkylation sites (N-methyl/N-ethyl adjacent to an activating group) is 1. The first kappa shape index (κ1) is 14.5. The first-order chi connectivity index (χ1) is 8.99. The third kappa shape index (κ3) is 3.34. The lowest BCUT2D eigenvalue weighted by Gasteiger charge is -2.37. The highest BCUT2D eigenvalue weighted by Gasteiger charge is 2.34. The summed E-state index contributed by atoms with van der Waals surface area (Å²) in [7, 11) is 3.73. The molecule has 2 aliphatic heterocycles. The van der Waals surface area contributed by atoms with E-state index < -0.39 is 0 Å². The maximum absolute atomic E-state index is 12.1. The van der Waals surface area contributed by atoms with Gasteiger partial charge in [-0.15, -0.1) is 0 Å². The number of carbonyl (C=O) groups is 2. The lowest BCUT2D eigenvalue weighted by Crippen LogP contribution is -2.55. The van der Waals surface area contributed by atoms with Crippen LogP contribution in [0, 0.1) is 5.92 Å². The van der Waals surface area contributed by atoms with Crippen molar-refractivity contribution in [1.82, 2.24) is 15.1 Å². The van der Waals surface area contributed by atoms with Crippen LogP contribution in [0.5, 0.6) is 0 Å². The smallest absolute Gasteiger partial charge is 0.246 e. The average molecular weight is 267 g/mol. The van der Waals surface area contributed by atoms with Crippen LogP contribution < -0.4 is 5.32 Å². The third-order valence-electron chi connectivity index (χ3n) is 4.48. The largest absolute Gasteiger partial charge is 0.306 e. The highest BCUT2D eigenvalue weighted by molar-refractivity contribution is 6.00. The maximum Gasteiger partial charge on any atom is 0.246 e. The number of hydrogen-bond acceptors (Lipinski definition) is 4. The van der Waals surface area contributed by atoms with E-state index in [-0.39, 0.29) is 17.9 Å². The summed E-state index contributed by atoms with van der Waals surface area (Å²) in [6, 6.07) is 0.128.